The molecule has 0 aromatic carbocycles. The molecule has 0 bridgehead atoms. The number of primary amides is 1. The zero-order chi connectivity index (χ0) is 21.0. The monoisotopic (exact) mass is 396 g/mol. The van der Waals surface area contributed by atoms with E-state index < -0.39 is 17.9 Å². The molecule has 0 aliphatic carbocycles. The fraction of sp³-hybridized carbons (Fsp3) is 0.773. The Morgan fingerprint density at radius 3 is 1.86 bits per heavy atom. The molecule has 6 heteroatoms. The SMILES string of the molecule is CCCCCCCC/C=C/CCCCCCCC(=O)NC(CC(N)=O)C(=O)O. The van der Waals surface area contributed by atoms with Crippen molar-refractivity contribution in [1.82, 2.24) is 5.32 Å². The molecule has 0 saturated carbocycles. The minimum atomic E-state index is -1.24. The lowest BCUT2D eigenvalue weighted by atomic mass is 10.1. The fourth-order valence-electron chi connectivity index (χ4n) is 3.02. The highest BCUT2D eigenvalue weighted by molar-refractivity contribution is 5.88. The first kappa shape index (κ1) is 26.1. The lowest BCUT2D eigenvalue weighted by Gasteiger charge is -2.12. The maximum absolute atomic E-state index is 11.7. The van der Waals surface area contributed by atoms with E-state index in [2.05, 4.69) is 24.4 Å². The number of carboxylic acids is 1. The van der Waals surface area contributed by atoms with E-state index >= 15 is 0 Å². The average molecular weight is 397 g/mol. The van der Waals surface area contributed by atoms with Gasteiger partial charge in [-0.2, -0.15) is 0 Å². The number of unbranched alkanes of at least 4 members (excludes halogenated alkanes) is 11. The Bertz CT molecular complexity index is 463. The van der Waals surface area contributed by atoms with Crippen molar-refractivity contribution in [1.29, 1.82) is 0 Å². The molecule has 6 nitrogen and oxygen atoms in total. The van der Waals surface area contributed by atoms with Crippen LogP contribution in [0.2, 0.25) is 0 Å². The van der Waals surface area contributed by atoms with E-state index in [0.29, 0.717) is 0 Å². The van der Waals surface area contributed by atoms with Crippen molar-refractivity contribution < 1.29 is 19.5 Å². The van der Waals surface area contributed by atoms with Crippen LogP contribution in [0.25, 0.3) is 0 Å². The molecule has 1 unspecified atom stereocenters. The minimum Gasteiger partial charge on any atom is -0.480 e. The molecule has 4 N–H and O–H groups in total. The molecule has 0 heterocycles. The number of nitrogens with one attached hydrogen (secondary N) is 1. The van der Waals surface area contributed by atoms with Crippen molar-refractivity contribution in [2.24, 2.45) is 5.73 Å². The summed E-state index contributed by atoms with van der Waals surface area (Å²) in [6.45, 7) is 2.24. The summed E-state index contributed by atoms with van der Waals surface area (Å²) in [7, 11) is 0. The molecule has 0 aliphatic rings. The molecule has 0 radical (unpaired) electrons. The largest absolute Gasteiger partial charge is 0.480 e. The Morgan fingerprint density at radius 1 is 0.857 bits per heavy atom. The van der Waals surface area contributed by atoms with Crippen molar-refractivity contribution in [2.45, 2.75) is 109 Å². The molecule has 28 heavy (non-hydrogen) atoms. The first-order chi connectivity index (χ1) is 13.5. The van der Waals surface area contributed by atoms with Crippen LogP contribution < -0.4 is 11.1 Å². The van der Waals surface area contributed by atoms with Gasteiger partial charge in [-0.15, -0.1) is 0 Å². The van der Waals surface area contributed by atoms with E-state index in [1.54, 1.807) is 0 Å². The molecule has 0 rings (SSSR count). The van der Waals surface area contributed by atoms with E-state index in [-0.39, 0.29) is 18.7 Å². The average Bonchev–Trinajstić information content (AvgIpc) is 2.64. The number of hydrogen-bond donors (Lipinski definition) is 3. The number of aliphatic carboxylic acids is 1. The van der Waals surface area contributed by atoms with Crippen molar-refractivity contribution in [3.63, 3.8) is 0 Å². The van der Waals surface area contributed by atoms with Crippen LogP contribution in [0.15, 0.2) is 12.2 Å². The predicted molar refractivity (Wildman–Crippen MR) is 113 cm³/mol. The Balaban J connectivity index is 3.51. The second-order valence-electron chi connectivity index (χ2n) is 7.46. The van der Waals surface area contributed by atoms with Gasteiger partial charge in [-0.25, -0.2) is 4.79 Å². The summed E-state index contributed by atoms with van der Waals surface area (Å²) in [5, 5.41) is 11.3. The molecule has 0 aromatic heterocycles. The third kappa shape index (κ3) is 17.6. The summed E-state index contributed by atoms with van der Waals surface area (Å²) in [5.74, 6) is -2.32. The molecule has 0 fully saturated rings. The van der Waals surface area contributed by atoms with Gasteiger partial charge in [0.25, 0.3) is 0 Å². The van der Waals surface area contributed by atoms with Crippen LogP contribution in [0.1, 0.15) is 103 Å². The first-order valence-electron chi connectivity index (χ1n) is 10.9. The molecule has 2 amide bonds. The number of nitrogens with two attached hydrogens (primary N) is 1. The molecular weight excluding hydrogens is 356 g/mol. The topological polar surface area (TPSA) is 109 Å². The zero-order valence-corrected chi connectivity index (χ0v) is 17.6. The molecular formula is C22H40N2O4. The van der Waals surface area contributed by atoms with Crippen LogP contribution in [-0.4, -0.2) is 28.9 Å². The van der Waals surface area contributed by atoms with Gasteiger partial charge in [-0.1, -0.05) is 70.4 Å². The van der Waals surface area contributed by atoms with Crippen LogP contribution >= 0.6 is 0 Å². The standard InChI is InChI=1S/C22H40N2O4/c1-2-3-4-5-6-7-8-9-10-11-12-13-14-15-16-17-21(26)24-19(22(27)28)18-20(23)25/h9-10,19H,2-8,11-18H2,1H3,(H2,23,25)(H,24,26)(H,27,28)/b10-9+. The third-order valence-corrected chi connectivity index (χ3v) is 4.70. The minimum absolute atomic E-state index is 0.278. The summed E-state index contributed by atoms with van der Waals surface area (Å²) in [4.78, 5) is 33.5. The number of allylic oxidation sites excluding steroid dienone is 2. The summed E-state index contributed by atoms with van der Waals surface area (Å²) in [5.41, 5.74) is 4.98. The highest BCUT2D eigenvalue weighted by atomic mass is 16.4. The molecule has 1 atom stereocenters. The van der Waals surface area contributed by atoms with E-state index in [1.165, 1.54) is 51.4 Å². The Morgan fingerprint density at radius 2 is 1.36 bits per heavy atom. The van der Waals surface area contributed by atoms with Crippen LogP contribution in [0.3, 0.4) is 0 Å². The summed E-state index contributed by atoms with van der Waals surface area (Å²) >= 11 is 0. The van der Waals surface area contributed by atoms with Gasteiger partial charge in [-0.3, -0.25) is 9.59 Å². The normalized spacial score (nSPS) is 12.2. The van der Waals surface area contributed by atoms with Crippen LogP contribution in [-0.2, 0) is 14.4 Å². The highest BCUT2D eigenvalue weighted by Crippen LogP contribution is 2.10. The van der Waals surface area contributed by atoms with Crippen LogP contribution in [0.5, 0.6) is 0 Å². The maximum Gasteiger partial charge on any atom is 0.326 e. The summed E-state index contributed by atoms with van der Waals surface area (Å²) in [6.07, 6.45) is 19.9. The Hall–Kier alpha value is -1.85. The van der Waals surface area contributed by atoms with Crippen molar-refractivity contribution in [3.05, 3.63) is 12.2 Å². The van der Waals surface area contributed by atoms with Crippen LogP contribution in [0.4, 0.5) is 0 Å². The zero-order valence-electron chi connectivity index (χ0n) is 17.6. The number of carbonyl (C=O) groups excluding carboxylic acids is 2. The van der Waals surface area contributed by atoms with Crippen LogP contribution in [0, 0.1) is 0 Å². The summed E-state index contributed by atoms with van der Waals surface area (Å²) in [6, 6.07) is -1.23. The third-order valence-electron chi connectivity index (χ3n) is 4.70. The smallest absolute Gasteiger partial charge is 0.326 e. The van der Waals surface area contributed by atoms with E-state index in [9.17, 15) is 14.4 Å². The number of rotatable bonds is 19. The summed E-state index contributed by atoms with van der Waals surface area (Å²) < 4.78 is 0. The molecule has 162 valence electrons. The first-order valence-corrected chi connectivity index (χ1v) is 10.9. The van der Waals surface area contributed by atoms with Crippen molar-refractivity contribution in [3.8, 4) is 0 Å². The number of hydrogen-bond acceptors (Lipinski definition) is 3. The van der Waals surface area contributed by atoms with Gasteiger partial charge in [0.15, 0.2) is 0 Å². The van der Waals surface area contributed by atoms with E-state index in [4.69, 9.17) is 10.8 Å². The van der Waals surface area contributed by atoms with Gasteiger partial charge in [0.1, 0.15) is 6.04 Å². The van der Waals surface area contributed by atoms with Gasteiger partial charge < -0.3 is 16.2 Å². The predicted octanol–water partition coefficient (Wildman–Crippen LogP) is 4.47. The second-order valence-corrected chi connectivity index (χ2v) is 7.46. The highest BCUT2D eigenvalue weighted by Gasteiger charge is 2.21. The van der Waals surface area contributed by atoms with Crippen molar-refractivity contribution >= 4 is 17.8 Å². The van der Waals surface area contributed by atoms with Gasteiger partial charge in [0.05, 0.1) is 6.42 Å². The fourth-order valence-corrected chi connectivity index (χ4v) is 3.02. The van der Waals surface area contributed by atoms with Gasteiger partial charge in [0, 0.05) is 6.42 Å². The molecule has 0 spiro atoms. The van der Waals surface area contributed by atoms with Gasteiger partial charge in [0.2, 0.25) is 11.8 Å². The lowest BCUT2D eigenvalue weighted by Crippen LogP contribution is -2.43. The van der Waals surface area contributed by atoms with Gasteiger partial charge in [-0.05, 0) is 32.1 Å². The quantitative estimate of drug-likeness (QED) is 0.221. The van der Waals surface area contributed by atoms with E-state index in [1.807, 2.05) is 0 Å². The van der Waals surface area contributed by atoms with Crippen molar-refractivity contribution in [2.75, 3.05) is 0 Å². The second kappa shape index (κ2) is 18.5. The Labute approximate surface area is 170 Å². The number of carboxylic acid groups (broad SMARTS) is 1. The van der Waals surface area contributed by atoms with E-state index in [0.717, 1.165) is 32.1 Å². The van der Waals surface area contributed by atoms with Gasteiger partial charge >= 0.3 is 5.97 Å². The molecule has 0 saturated heterocycles. The maximum atomic E-state index is 11.7. The molecule has 0 aromatic rings. The number of amides is 2. The Kier molecular flexibility index (Phi) is 17.3. The lowest BCUT2D eigenvalue weighted by molar-refractivity contribution is -0.143. The number of carbonyl (C=O) groups is 3. The molecule has 0 aliphatic heterocycles.